The molecular weight excluding hydrogens is 394 g/mol. The fraction of sp³-hybridized carbons (Fsp3) is 0.458. The number of aromatic amines is 1. The average molecular weight is 426 g/mol. The number of H-pyrrole nitrogens is 1. The van der Waals surface area contributed by atoms with E-state index in [0.29, 0.717) is 19.8 Å². The van der Waals surface area contributed by atoms with Gasteiger partial charge in [0.15, 0.2) is 0 Å². The molecule has 1 unspecified atom stereocenters. The van der Waals surface area contributed by atoms with Gasteiger partial charge < -0.3 is 24.5 Å². The van der Waals surface area contributed by atoms with E-state index in [-0.39, 0.29) is 11.7 Å². The van der Waals surface area contributed by atoms with Crippen LogP contribution in [0.3, 0.4) is 0 Å². The van der Waals surface area contributed by atoms with Crippen LogP contribution in [0.15, 0.2) is 53.3 Å². The van der Waals surface area contributed by atoms with Gasteiger partial charge in [0.25, 0.3) is 0 Å². The van der Waals surface area contributed by atoms with Crippen LogP contribution < -0.4 is 10.4 Å². The zero-order valence-corrected chi connectivity index (χ0v) is 18.0. The molecule has 1 atom stereocenters. The lowest BCUT2D eigenvalue weighted by atomic mass is 10.0. The first-order valence-corrected chi connectivity index (χ1v) is 10.9. The Balaban J connectivity index is 1.21. The van der Waals surface area contributed by atoms with Crippen molar-refractivity contribution in [1.29, 1.82) is 0 Å². The summed E-state index contributed by atoms with van der Waals surface area (Å²) in [7, 11) is 1.67. The molecule has 0 amide bonds. The van der Waals surface area contributed by atoms with Crippen LogP contribution in [0.4, 0.5) is 0 Å². The summed E-state index contributed by atoms with van der Waals surface area (Å²) in [5.41, 5.74) is 2.92. The molecule has 1 aliphatic rings. The van der Waals surface area contributed by atoms with E-state index in [1.165, 1.54) is 0 Å². The summed E-state index contributed by atoms with van der Waals surface area (Å²) in [5.74, 6) is 0.865. The number of piperidine rings is 1. The molecule has 3 aromatic rings. The molecule has 7 heteroatoms. The number of β-amino-alcohol motifs (C(OH)–C–C–N with tert-alkyl or cyclic N) is 1. The first kappa shape index (κ1) is 21.6. The first-order valence-electron chi connectivity index (χ1n) is 10.9. The number of nitrogens with zero attached hydrogens (tertiary/aromatic N) is 2. The number of benzene rings is 2. The maximum Gasteiger partial charge on any atom is 0.326 e. The van der Waals surface area contributed by atoms with Crippen molar-refractivity contribution in [1.82, 2.24) is 14.5 Å². The Morgan fingerprint density at radius 1 is 1.13 bits per heavy atom. The van der Waals surface area contributed by atoms with Gasteiger partial charge in [-0.2, -0.15) is 0 Å². The summed E-state index contributed by atoms with van der Waals surface area (Å²) >= 11 is 0. The molecule has 31 heavy (non-hydrogen) atoms. The Bertz CT molecular complexity index is 1040. The normalized spacial score (nSPS) is 16.6. The predicted octanol–water partition coefficient (Wildman–Crippen LogP) is 2.60. The van der Waals surface area contributed by atoms with Crippen LogP contribution >= 0.6 is 0 Å². The molecule has 7 nitrogen and oxygen atoms in total. The summed E-state index contributed by atoms with van der Waals surface area (Å²) in [6.07, 6.45) is 2.01. The highest BCUT2D eigenvalue weighted by Crippen LogP contribution is 2.25. The lowest BCUT2D eigenvalue weighted by Crippen LogP contribution is -2.41. The number of aliphatic hydroxyl groups excluding tert-OH is 1. The predicted molar refractivity (Wildman–Crippen MR) is 121 cm³/mol. The Morgan fingerprint density at radius 3 is 2.68 bits per heavy atom. The molecule has 0 radical (unpaired) electrons. The van der Waals surface area contributed by atoms with Crippen molar-refractivity contribution in [2.24, 2.45) is 0 Å². The van der Waals surface area contributed by atoms with Crippen molar-refractivity contribution in [2.75, 3.05) is 40.0 Å². The fourth-order valence-electron chi connectivity index (χ4n) is 4.46. The van der Waals surface area contributed by atoms with Gasteiger partial charge in [0, 0.05) is 25.7 Å². The lowest BCUT2D eigenvalue weighted by Gasteiger charge is -2.33. The highest BCUT2D eigenvalue weighted by atomic mass is 16.5. The minimum atomic E-state index is -0.523. The number of fused-ring (bicyclic) bond motifs is 1. The van der Waals surface area contributed by atoms with Crippen molar-refractivity contribution in [3.8, 4) is 5.75 Å². The summed E-state index contributed by atoms with van der Waals surface area (Å²) in [5, 5.41) is 10.4. The summed E-state index contributed by atoms with van der Waals surface area (Å²) in [6.45, 7) is 3.16. The van der Waals surface area contributed by atoms with E-state index in [1.807, 2.05) is 53.1 Å². The second kappa shape index (κ2) is 10.1. The number of hydrogen-bond acceptors (Lipinski definition) is 5. The van der Waals surface area contributed by atoms with Crippen molar-refractivity contribution in [3.63, 3.8) is 0 Å². The van der Waals surface area contributed by atoms with E-state index in [1.54, 1.807) is 7.11 Å². The smallest absolute Gasteiger partial charge is 0.326 e. The van der Waals surface area contributed by atoms with E-state index < -0.39 is 6.10 Å². The number of methoxy groups -OCH3 is 1. The Morgan fingerprint density at radius 2 is 1.87 bits per heavy atom. The lowest BCUT2D eigenvalue weighted by molar-refractivity contribution is 0.0119. The monoisotopic (exact) mass is 425 g/mol. The molecule has 1 fully saturated rings. The minimum absolute atomic E-state index is 0.0388. The number of ether oxygens (including phenoxy) is 2. The molecule has 166 valence electrons. The van der Waals surface area contributed by atoms with Crippen LogP contribution in [0.25, 0.3) is 11.0 Å². The van der Waals surface area contributed by atoms with Crippen molar-refractivity contribution in [2.45, 2.75) is 31.4 Å². The van der Waals surface area contributed by atoms with Gasteiger partial charge >= 0.3 is 5.69 Å². The molecule has 1 aliphatic heterocycles. The van der Waals surface area contributed by atoms with Crippen molar-refractivity contribution >= 4 is 11.0 Å². The van der Waals surface area contributed by atoms with E-state index >= 15 is 0 Å². The zero-order valence-electron chi connectivity index (χ0n) is 18.0. The molecule has 2 aromatic carbocycles. The van der Waals surface area contributed by atoms with E-state index in [0.717, 1.165) is 54.7 Å². The molecular formula is C24H31N3O4. The molecule has 4 rings (SSSR count). The number of hydrogen-bond donors (Lipinski definition) is 2. The number of likely N-dealkylation sites (tertiary alicyclic amines) is 1. The average Bonchev–Trinajstić information content (AvgIpc) is 3.13. The minimum Gasteiger partial charge on any atom is -0.496 e. The van der Waals surface area contributed by atoms with Gasteiger partial charge in [0.2, 0.25) is 0 Å². The third-order valence-electron chi connectivity index (χ3n) is 6.03. The van der Waals surface area contributed by atoms with Gasteiger partial charge in [-0.3, -0.25) is 4.57 Å². The van der Waals surface area contributed by atoms with E-state index in [2.05, 4.69) is 9.88 Å². The number of aliphatic hydroxyl groups is 1. The van der Waals surface area contributed by atoms with Crippen LogP contribution in [0.5, 0.6) is 5.75 Å². The number of para-hydroxylation sites is 3. The van der Waals surface area contributed by atoms with E-state index in [4.69, 9.17) is 9.47 Å². The zero-order chi connectivity index (χ0) is 21.6. The third kappa shape index (κ3) is 5.18. The number of imidazole rings is 1. The van der Waals surface area contributed by atoms with Gasteiger partial charge in [0.05, 0.1) is 37.5 Å². The summed E-state index contributed by atoms with van der Waals surface area (Å²) < 4.78 is 13.0. The molecule has 0 aliphatic carbocycles. The first-order chi connectivity index (χ1) is 15.2. The third-order valence-corrected chi connectivity index (χ3v) is 6.03. The molecule has 2 N–H and O–H groups in total. The Labute approximate surface area is 182 Å². The van der Waals surface area contributed by atoms with Crippen LogP contribution in [0.2, 0.25) is 0 Å². The summed E-state index contributed by atoms with van der Waals surface area (Å²) in [6, 6.07) is 15.9. The van der Waals surface area contributed by atoms with Crippen LogP contribution in [0, 0.1) is 0 Å². The Kier molecular flexibility index (Phi) is 7.06. The van der Waals surface area contributed by atoms with E-state index in [9.17, 15) is 9.90 Å². The van der Waals surface area contributed by atoms with Gasteiger partial charge in [-0.05, 0) is 43.0 Å². The quantitative estimate of drug-likeness (QED) is 0.515. The highest BCUT2D eigenvalue weighted by molar-refractivity contribution is 5.75. The second-order valence-corrected chi connectivity index (χ2v) is 8.14. The molecule has 2 heterocycles. The molecule has 0 bridgehead atoms. The number of nitrogens with one attached hydrogen (secondary N) is 1. The van der Waals surface area contributed by atoms with Crippen LogP contribution in [-0.4, -0.2) is 65.6 Å². The fourth-order valence-corrected chi connectivity index (χ4v) is 4.46. The Hall–Kier alpha value is -2.61. The molecule has 0 spiro atoms. The maximum atomic E-state index is 12.4. The summed E-state index contributed by atoms with van der Waals surface area (Å²) in [4.78, 5) is 17.6. The SMILES string of the molecule is COc1ccccc1CCOCC(O)CN1CCC(n2c(=O)[nH]c3ccccc32)CC1. The van der Waals surface area contributed by atoms with Crippen LogP contribution in [0.1, 0.15) is 24.4 Å². The molecule has 1 saturated heterocycles. The molecule has 0 saturated carbocycles. The largest absolute Gasteiger partial charge is 0.496 e. The number of rotatable bonds is 9. The highest BCUT2D eigenvalue weighted by Gasteiger charge is 2.24. The van der Waals surface area contributed by atoms with Gasteiger partial charge in [-0.15, -0.1) is 0 Å². The van der Waals surface area contributed by atoms with Crippen molar-refractivity contribution in [3.05, 3.63) is 64.6 Å². The maximum absolute atomic E-state index is 12.4. The standard InChI is InChI=1S/C24H31N3O4/c1-30-23-9-5-2-6-18(23)12-15-31-17-20(28)16-26-13-10-19(11-14-26)27-22-8-4-3-7-21(22)25-24(27)29/h2-9,19-20,28H,10-17H2,1H3,(H,25,29). The van der Waals surface area contributed by atoms with Crippen LogP contribution in [-0.2, 0) is 11.2 Å². The van der Waals surface area contributed by atoms with Gasteiger partial charge in [-0.25, -0.2) is 4.79 Å². The second-order valence-electron chi connectivity index (χ2n) is 8.14. The van der Waals surface area contributed by atoms with Gasteiger partial charge in [-0.1, -0.05) is 30.3 Å². The topological polar surface area (TPSA) is 79.7 Å². The molecule has 1 aromatic heterocycles. The van der Waals surface area contributed by atoms with Gasteiger partial charge in [0.1, 0.15) is 5.75 Å². The van der Waals surface area contributed by atoms with Crippen molar-refractivity contribution < 1.29 is 14.6 Å². The number of aromatic nitrogens is 2.